The van der Waals surface area contributed by atoms with Crippen molar-refractivity contribution in [3.63, 3.8) is 0 Å². The van der Waals surface area contributed by atoms with Gasteiger partial charge in [0.2, 0.25) is 5.91 Å². The number of halogens is 1. The number of anilines is 2. The summed E-state index contributed by atoms with van der Waals surface area (Å²) in [5.41, 5.74) is 0.919. The zero-order valence-corrected chi connectivity index (χ0v) is 18.9. The fraction of sp³-hybridized carbons (Fsp3) is 0.545. The van der Waals surface area contributed by atoms with Gasteiger partial charge in [-0.05, 0) is 18.2 Å². The molecule has 3 fully saturated rings. The fourth-order valence-electron chi connectivity index (χ4n) is 4.53. The summed E-state index contributed by atoms with van der Waals surface area (Å²) in [6.07, 6.45) is 2.35. The molecule has 0 spiro atoms. The second-order valence-corrected chi connectivity index (χ2v) is 8.63. The monoisotopic (exact) mass is 473 g/mol. The number of amides is 2. The van der Waals surface area contributed by atoms with Gasteiger partial charge in [0.05, 0.1) is 50.4 Å². The van der Waals surface area contributed by atoms with E-state index < -0.39 is 11.9 Å². The van der Waals surface area contributed by atoms with E-state index in [1.165, 1.54) is 11.0 Å². The van der Waals surface area contributed by atoms with E-state index in [2.05, 4.69) is 15.2 Å². The summed E-state index contributed by atoms with van der Waals surface area (Å²) in [5.74, 6) is -0.302. The highest BCUT2D eigenvalue weighted by molar-refractivity contribution is 5.90. The van der Waals surface area contributed by atoms with Crippen LogP contribution in [0.2, 0.25) is 0 Å². The Morgan fingerprint density at radius 3 is 2.62 bits per heavy atom. The first kappa shape index (κ1) is 22.5. The summed E-state index contributed by atoms with van der Waals surface area (Å²) in [6, 6.07) is 4.78. The van der Waals surface area contributed by atoms with Crippen LogP contribution in [0.25, 0.3) is 0 Å². The van der Waals surface area contributed by atoms with Crippen LogP contribution < -0.4 is 9.80 Å². The third-order valence-corrected chi connectivity index (χ3v) is 6.42. The normalized spacial score (nSPS) is 21.7. The number of ether oxygens (including phenoxy) is 2. The first-order valence-electron chi connectivity index (χ1n) is 11.5. The Hall–Kier alpha value is -3.25. The number of hydrogen-bond donors (Lipinski definition) is 0. The van der Waals surface area contributed by atoms with Gasteiger partial charge < -0.3 is 19.3 Å². The molecular weight excluding hydrogens is 445 g/mol. The SMILES string of the molecule is O=C(CN1CCOCC1)N1CCN(c2ccc(N3C[C@H](Cn4ccnn4)OC3=O)cc2F)CC1. The zero-order valence-electron chi connectivity index (χ0n) is 18.9. The van der Waals surface area contributed by atoms with Gasteiger partial charge >= 0.3 is 6.09 Å². The lowest BCUT2D eigenvalue weighted by Gasteiger charge is -2.37. The van der Waals surface area contributed by atoms with Gasteiger partial charge in [-0.15, -0.1) is 5.10 Å². The Bertz CT molecular complexity index is 1010. The van der Waals surface area contributed by atoms with E-state index in [4.69, 9.17) is 9.47 Å². The van der Waals surface area contributed by atoms with Gasteiger partial charge in [0.15, 0.2) is 0 Å². The minimum absolute atomic E-state index is 0.102. The Morgan fingerprint density at radius 2 is 1.91 bits per heavy atom. The summed E-state index contributed by atoms with van der Waals surface area (Å²) in [6.45, 7) is 6.16. The molecule has 2 aromatic rings. The molecule has 3 aliphatic rings. The lowest BCUT2D eigenvalue weighted by molar-refractivity contribution is -0.133. The molecule has 34 heavy (non-hydrogen) atoms. The number of piperazine rings is 1. The average molecular weight is 474 g/mol. The van der Waals surface area contributed by atoms with E-state index in [1.807, 2.05) is 9.80 Å². The maximum absolute atomic E-state index is 15.0. The number of nitrogens with zero attached hydrogens (tertiary/aromatic N) is 7. The lowest BCUT2D eigenvalue weighted by Crippen LogP contribution is -2.52. The van der Waals surface area contributed by atoms with E-state index in [-0.39, 0.29) is 12.0 Å². The van der Waals surface area contributed by atoms with Crippen molar-refractivity contribution in [1.82, 2.24) is 24.8 Å². The molecule has 3 saturated heterocycles. The molecule has 3 aliphatic heterocycles. The quantitative estimate of drug-likeness (QED) is 0.596. The number of cyclic esters (lactones) is 1. The molecule has 0 saturated carbocycles. The molecule has 2 amide bonds. The standard InChI is InChI=1S/C22H28FN7O4/c23-19-13-17(30-15-18(34-22(30)32)14-29-4-3-24-25-29)1-2-20(19)27-5-7-28(8-6-27)21(31)16-26-9-11-33-12-10-26/h1-4,13,18H,5-12,14-16H2/t18-/m0/s1. The number of rotatable bonds is 6. The van der Waals surface area contributed by atoms with Gasteiger partial charge in [0, 0.05) is 45.5 Å². The van der Waals surface area contributed by atoms with Crippen LogP contribution in [0.3, 0.4) is 0 Å². The third-order valence-electron chi connectivity index (χ3n) is 6.42. The number of aromatic nitrogens is 3. The van der Waals surface area contributed by atoms with Gasteiger partial charge in [-0.1, -0.05) is 5.21 Å². The van der Waals surface area contributed by atoms with Crippen LogP contribution in [0.15, 0.2) is 30.6 Å². The van der Waals surface area contributed by atoms with Gasteiger partial charge in [0.25, 0.3) is 0 Å². The molecule has 1 atom stereocenters. The summed E-state index contributed by atoms with van der Waals surface area (Å²) in [5, 5.41) is 7.63. The van der Waals surface area contributed by atoms with Crippen LogP contribution in [0.4, 0.5) is 20.6 Å². The number of hydrogen-bond acceptors (Lipinski definition) is 8. The molecule has 0 bridgehead atoms. The predicted octanol–water partition coefficient (Wildman–Crippen LogP) is 0.423. The van der Waals surface area contributed by atoms with Crippen molar-refractivity contribution in [3.05, 3.63) is 36.4 Å². The van der Waals surface area contributed by atoms with Crippen molar-refractivity contribution in [3.8, 4) is 0 Å². The largest absolute Gasteiger partial charge is 0.442 e. The molecule has 0 N–H and O–H groups in total. The van der Waals surface area contributed by atoms with E-state index in [9.17, 15) is 9.59 Å². The molecule has 1 aromatic carbocycles. The van der Waals surface area contributed by atoms with Gasteiger partial charge in [0.1, 0.15) is 11.9 Å². The van der Waals surface area contributed by atoms with Crippen molar-refractivity contribution in [2.75, 3.05) is 75.4 Å². The number of morpholine rings is 1. The highest BCUT2D eigenvalue weighted by Crippen LogP contribution is 2.29. The van der Waals surface area contributed by atoms with Crippen LogP contribution in [-0.2, 0) is 20.8 Å². The Balaban J connectivity index is 1.16. The van der Waals surface area contributed by atoms with Crippen molar-refractivity contribution in [2.45, 2.75) is 12.6 Å². The fourth-order valence-corrected chi connectivity index (χ4v) is 4.53. The summed E-state index contributed by atoms with van der Waals surface area (Å²) >= 11 is 0. The summed E-state index contributed by atoms with van der Waals surface area (Å²) < 4.78 is 27.4. The molecule has 1 aromatic heterocycles. The van der Waals surface area contributed by atoms with E-state index in [0.717, 1.165) is 13.1 Å². The van der Waals surface area contributed by atoms with E-state index >= 15 is 4.39 Å². The number of benzene rings is 1. The molecule has 0 unspecified atom stereocenters. The molecule has 12 heteroatoms. The highest BCUT2D eigenvalue weighted by Gasteiger charge is 2.33. The Kier molecular flexibility index (Phi) is 6.59. The maximum atomic E-state index is 15.0. The molecule has 11 nitrogen and oxygen atoms in total. The molecule has 0 radical (unpaired) electrons. The molecule has 0 aliphatic carbocycles. The van der Waals surface area contributed by atoms with Crippen LogP contribution in [0.1, 0.15) is 0 Å². The summed E-state index contributed by atoms with van der Waals surface area (Å²) in [7, 11) is 0. The van der Waals surface area contributed by atoms with Crippen molar-refractivity contribution in [2.24, 2.45) is 0 Å². The molecule has 4 heterocycles. The van der Waals surface area contributed by atoms with Gasteiger partial charge in [-0.25, -0.2) is 13.9 Å². The predicted molar refractivity (Wildman–Crippen MR) is 120 cm³/mol. The highest BCUT2D eigenvalue weighted by atomic mass is 19.1. The van der Waals surface area contributed by atoms with Crippen LogP contribution in [0, 0.1) is 5.82 Å². The first-order chi connectivity index (χ1) is 16.6. The number of carbonyl (C=O) groups excluding carboxylic acids is 2. The Morgan fingerprint density at radius 1 is 1.12 bits per heavy atom. The minimum atomic E-state index is -0.510. The van der Waals surface area contributed by atoms with Gasteiger partial charge in [-0.2, -0.15) is 0 Å². The van der Waals surface area contributed by atoms with Crippen LogP contribution in [-0.4, -0.2) is 108 Å². The first-order valence-corrected chi connectivity index (χ1v) is 11.5. The minimum Gasteiger partial charge on any atom is -0.442 e. The smallest absolute Gasteiger partial charge is 0.414 e. The third kappa shape index (κ3) is 4.97. The summed E-state index contributed by atoms with van der Waals surface area (Å²) in [4.78, 5) is 32.3. The second kappa shape index (κ2) is 9.94. The lowest BCUT2D eigenvalue weighted by atomic mass is 10.2. The molecule has 5 rings (SSSR count). The van der Waals surface area contributed by atoms with Gasteiger partial charge in [-0.3, -0.25) is 14.6 Å². The Labute approximate surface area is 196 Å². The topological polar surface area (TPSA) is 96.3 Å². The zero-order chi connectivity index (χ0) is 23.5. The van der Waals surface area contributed by atoms with Crippen molar-refractivity contribution < 1.29 is 23.5 Å². The maximum Gasteiger partial charge on any atom is 0.414 e. The average Bonchev–Trinajstić information content (AvgIpc) is 3.49. The van der Waals surface area contributed by atoms with Crippen molar-refractivity contribution in [1.29, 1.82) is 0 Å². The second-order valence-electron chi connectivity index (χ2n) is 8.63. The number of carbonyl (C=O) groups is 2. The van der Waals surface area contributed by atoms with Crippen LogP contribution >= 0.6 is 0 Å². The molecule has 182 valence electrons. The van der Waals surface area contributed by atoms with Crippen molar-refractivity contribution >= 4 is 23.4 Å². The van der Waals surface area contributed by atoms with Crippen LogP contribution in [0.5, 0.6) is 0 Å². The molecular formula is C22H28FN7O4. The van der Waals surface area contributed by atoms with E-state index in [1.54, 1.807) is 29.2 Å². The van der Waals surface area contributed by atoms with E-state index in [0.29, 0.717) is 70.4 Å².